The van der Waals surface area contributed by atoms with Crippen molar-refractivity contribution in [3.63, 3.8) is 0 Å². The zero-order chi connectivity index (χ0) is 14.5. The first-order valence-electron chi connectivity index (χ1n) is 6.07. The number of carboxylic acid groups (broad SMARTS) is 1. The van der Waals surface area contributed by atoms with Gasteiger partial charge in [-0.1, -0.05) is 0 Å². The predicted molar refractivity (Wildman–Crippen MR) is 72.1 cm³/mol. The number of nitriles is 1. The Hall–Kier alpha value is -2.81. The van der Waals surface area contributed by atoms with Crippen LogP contribution in [0.25, 0.3) is 10.9 Å². The Bertz CT molecular complexity index is 697. The number of carbonyl (C=O) groups is 2. The van der Waals surface area contributed by atoms with Crippen LogP contribution in [0.15, 0.2) is 30.5 Å². The quantitative estimate of drug-likeness (QED) is 0.803. The second kappa shape index (κ2) is 5.89. The summed E-state index contributed by atoms with van der Waals surface area (Å²) in [7, 11) is 0. The fourth-order valence-electron chi connectivity index (χ4n) is 1.94. The normalized spacial score (nSPS) is 10.2. The molecule has 102 valence electrons. The van der Waals surface area contributed by atoms with Crippen molar-refractivity contribution in [2.24, 2.45) is 0 Å². The Morgan fingerprint density at radius 2 is 2.15 bits per heavy atom. The molecule has 0 fully saturated rings. The highest BCUT2D eigenvalue weighted by molar-refractivity contribution is 5.94. The van der Waals surface area contributed by atoms with Crippen LogP contribution in [0.4, 0.5) is 0 Å². The number of nitrogens with one attached hydrogen (secondary N) is 1. The van der Waals surface area contributed by atoms with E-state index in [1.165, 1.54) is 6.07 Å². The van der Waals surface area contributed by atoms with E-state index in [4.69, 9.17) is 10.4 Å². The second-order valence-electron chi connectivity index (χ2n) is 4.28. The third kappa shape index (κ3) is 2.95. The van der Waals surface area contributed by atoms with Gasteiger partial charge in [0.15, 0.2) is 0 Å². The molecule has 20 heavy (non-hydrogen) atoms. The standard InChI is InChI=1S/C14H13N3O3/c15-5-1-6-16-13(18)9-17-7-4-10-8-11(14(19)20)2-3-12(10)17/h2-4,7-8H,1,6,9H2,(H,16,18)(H,19,20). The fraction of sp³-hybridized carbons (Fsp3) is 0.214. The Morgan fingerprint density at radius 3 is 2.85 bits per heavy atom. The highest BCUT2D eigenvalue weighted by atomic mass is 16.4. The molecule has 1 aromatic heterocycles. The van der Waals surface area contributed by atoms with Gasteiger partial charge in [-0.3, -0.25) is 4.79 Å². The number of hydrogen-bond acceptors (Lipinski definition) is 3. The Morgan fingerprint density at radius 1 is 1.35 bits per heavy atom. The van der Waals surface area contributed by atoms with E-state index in [1.54, 1.807) is 29.0 Å². The van der Waals surface area contributed by atoms with Crippen molar-refractivity contribution in [2.45, 2.75) is 13.0 Å². The SMILES string of the molecule is N#CCCNC(=O)Cn1ccc2cc(C(=O)O)ccc21. The molecule has 2 rings (SSSR count). The van der Waals surface area contributed by atoms with E-state index < -0.39 is 5.97 Å². The number of nitrogens with zero attached hydrogens (tertiary/aromatic N) is 2. The van der Waals surface area contributed by atoms with Crippen LogP contribution in [0.5, 0.6) is 0 Å². The molecule has 1 aromatic carbocycles. The summed E-state index contributed by atoms with van der Waals surface area (Å²) < 4.78 is 1.74. The number of carboxylic acids is 1. The molecule has 6 heteroatoms. The second-order valence-corrected chi connectivity index (χ2v) is 4.28. The number of hydrogen-bond donors (Lipinski definition) is 2. The maximum Gasteiger partial charge on any atom is 0.335 e. The summed E-state index contributed by atoms with van der Waals surface area (Å²) in [4.78, 5) is 22.5. The first-order chi connectivity index (χ1) is 9.61. The fourth-order valence-corrected chi connectivity index (χ4v) is 1.94. The highest BCUT2D eigenvalue weighted by Crippen LogP contribution is 2.17. The summed E-state index contributed by atoms with van der Waals surface area (Å²) in [6, 6.07) is 8.48. The van der Waals surface area contributed by atoms with Crippen molar-refractivity contribution < 1.29 is 14.7 Å². The summed E-state index contributed by atoms with van der Waals surface area (Å²) in [5, 5.41) is 20.7. The first kappa shape index (κ1) is 13.6. The van der Waals surface area contributed by atoms with E-state index in [2.05, 4.69) is 5.32 Å². The van der Waals surface area contributed by atoms with E-state index in [0.29, 0.717) is 6.54 Å². The van der Waals surface area contributed by atoms with Gasteiger partial charge in [0.1, 0.15) is 6.54 Å². The minimum atomic E-state index is -0.978. The molecule has 0 bridgehead atoms. The predicted octanol–water partition coefficient (Wildman–Crippen LogP) is 1.37. The maximum atomic E-state index is 11.7. The lowest BCUT2D eigenvalue weighted by Gasteiger charge is -2.06. The smallest absolute Gasteiger partial charge is 0.335 e. The van der Waals surface area contributed by atoms with Gasteiger partial charge in [-0.2, -0.15) is 5.26 Å². The van der Waals surface area contributed by atoms with Crippen LogP contribution < -0.4 is 5.32 Å². The molecular formula is C14H13N3O3. The molecule has 0 unspecified atom stereocenters. The molecule has 0 atom stereocenters. The van der Waals surface area contributed by atoms with E-state index in [1.807, 2.05) is 6.07 Å². The lowest BCUT2D eigenvalue weighted by Crippen LogP contribution is -2.27. The number of rotatable bonds is 5. The Balaban J connectivity index is 2.14. The molecule has 1 heterocycles. The molecule has 2 N–H and O–H groups in total. The number of benzene rings is 1. The molecule has 0 aliphatic rings. The number of aromatic nitrogens is 1. The largest absolute Gasteiger partial charge is 0.478 e. The van der Waals surface area contributed by atoms with Gasteiger partial charge in [0.05, 0.1) is 18.1 Å². The molecule has 6 nitrogen and oxygen atoms in total. The first-order valence-corrected chi connectivity index (χ1v) is 6.07. The zero-order valence-corrected chi connectivity index (χ0v) is 10.7. The average molecular weight is 271 g/mol. The van der Waals surface area contributed by atoms with Gasteiger partial charge in [0.25, 0.3) is 0 Å². The molecule has 1 amide bonds. The van der Waals surface area contributed by atoms with Gasteiger partial charge in [0.2, 0.25) is 5.91 Å². The van der Waals surface area contributed by atoms with Crippen LogP contribution in [0.3, 0.4) is 0 Å². The summed E-state index contributed by atoms with van der Waals surface area (Å²) in [5.74, 6) is -1.16. The van der Waals surface area contributed by atoms with Crippen LogP contribution in [0, 0.1) is 11.3 Å². The van der Waals surface area contributed by atoms with Crippen LogP contribution in [-0.2, 0) is 11.3 Å². The van der Waals surface area contributed by atoms with Crippen LogP contribution in [0.2, 0.25) is 0 Å². The number of aromatic carboxylic acids is 1. The van der Waals surface area contributed by atoms with Crippen LogP contribution in [0.1, 0.15) is 16.8 Å². The molecule has 0 radical (unpaired) electrons. The van der Waals surface area contributed by atoms with Crippen molar-refractivity contribution in [2.75, 3.05) is 6.54 Å². The van der Waals surface area contributed by atoms with Gasteiger partial charge in [0, 0.05) is 23.6 Å². The van der Waals surface area contributed by atoms with Gasteiger partial charge in [-0.05, 0) is 24.3 Å². The summed E-state index contributed by atoms with van der Waals surface area (Å²) in [6.07, 6.45) is 2.01. The van der Waals surface area contributed by atoms with E-state index in [0.717, 1.165) is 10.9 Å². The summed E-state index contributed by atoms with van der Waals surface area (Å²) >= 11 is 0. The van der Waals surface area contributed by atoms with Gasteiger partial charge < -0.3 is 15.0 Å². The Labute approximate surface area is 115 Å². The van der Waals surface area contributed by atoms with Crippen LogP contribution in [-0.4, -0.2) is 28.1 Å². The molecule has 0 aliphatic heterocycles. The number of fused-ring (bicyclic) bond motifs is 1. The minimum absolute atomic E-state index is 0.140. The minimum Gasteiger partial charge on any atom is -0.478 e. The molecule has 0 saturated carbocycles. The number of amides is 1. The van der Waals surface area contributed by atoms with Gasteiger partial charge in [-0.15, -0.1) is 0 Å². The van der Waals surface area contributed by atoms with Crippen molar-refractivity contribution >= 4 is 22.8 Å². The molecule has 0 spiro atoms. The third-order valence-corrected chi connectivity index (χ3v) is 2.89. The molecule has 0 saturated heterocycles. The van der Waals surface area contributed by atoms with E-state index in [9.17, 15) is 9.59 Å². The van der Waals surface area contributed by atoms with Crippen LogP contribution >= 0.6 is 0 Å². The monoisotopic (exact) mass is 271 g/mol. The molecular weight excluding hydrogens is 258 g/mol. The van der Waals surface area contributed by atoms with E-state index in [-0.39, 0.29) is 24.4 Å². The van der Waals surface area contributed by atoms with Crippen molar-refractivity contribution in [1.29, 1.82) is 5.26 Å². The van der Waals surface area contributed by atoms with Crippen molar-refractivity contribution in [3.05, 3.63) is 36.0 Å². The van der Waals surface area contributed by atoms with Gasteiger partial charge in [-0.25, -0.2) is 4.79 Å². The lowest BCUT2D eigenvalue weighted by atomic mass is 10.1. The lowest BCUT2D eigenvalue weighted by molar-refractivity contribution is -0.121. The van der Waals surface area contributed by atoms with E-state index >= 15 is 0 Å². The maximum absolute atomic E-state index is 11.7. The van der Waals surface area contributed by atoms with Crippen molar-refractivity contribution in [3.8, 4) is 6.07 Å². The molecule has 0 aliphatic carbocycles. The van der Waals surface area contributed by atoms with Gasteiger partial charge >= 0.3 is 5.97 Å². The topological polar surface area (TPSA) is 95.1 Å². The highest BCUT2D eigenvalue weighted by Gasteiger charge is 2.08. The molecule has 2 aromatic rings. The Kier molecular flexibility index (Phi) is 4.01. The summed E-state index contributed by atoms with van der Waals surface area (Å²) in [6.45, 7) is 0.471. The third-order valence-electron chi connectivity index (χ3n) is 2.89. The average Bonchev–Trinajstić information content (AvgIpc) is 2.81. The van der Waals surface area contributed by atoms with Crippen molar-refractivity contribution in [1.82, 2.24) is 9.88 Å². The summed E-state index contributed by atoms with van der Waals surface area (Å²) in [5.41, 5.74) is 1.01. The zero-order valence-electron chi connectivity index (χ0n) is 10.7. The number of carbonyl (C=O) groups excluding carboxylic acids is 1.